The monoisotopic (exact) mass is 317 g/mol. The van der Waals surface area contributed by atoms with Crippen LogP contribution in [-0.2, 0) is 0 Å². The highest BCUT2D eigenvalue weighted by molar-refractivity contribution is 6.89. The van der Waals surface area contributed by atoms with Crippen molar-refractivity contribution in [1.82, 2.24) is 4.98 Å². The number of nitrogens with zero attached hydrogens (tertiary/aromatic N) is 1. The van der Waals surface area contributed by atoms with Crippen LogP contribution in [0.4, 0.5) is 0 Å². The lowest BCUT2D eigenvalue weighted by molar-refractivity contribution is 1.31. The van der Waals surface area contributed by atoms with Gasteiger partial charge in [-0.3, -0.25) is 4.98 Å². The molecule has 0 aliphatic heterocycles. The lowest BCUT2D eigenvalue weighted by Crippen LogP contribution is -2.39. The van der Waals surface area contributed by atoms with E-state index in [1.807, 2.05) is 0 Å². The first-order valence-electron chi connectivity index (χ1n) is 8.09. The SMILES string of the molecule is Cc1ccccc1-c1cc(-c2ccccc2)c([Si](C)(C)C)cn1. The van der Waals surface area contributed by atoms with Crippen LogP contribution in [-0.4, -0.2) is 13.1 Å². The van der Waals surface area contributed by atoms with Crippen LogP contribution in [0.1, 0.15) is 5.56 Å². The Morgan fingerprint density at radius 3 is 2.09 bits per heavy atom. The summed E-state index contributed by atoms with van der Waals surface area (Å²) in [6, 6.07) is 21.4. The highest BCUT2D eigenvalue weighted by Crippen LogP contribution is 2.27. The standard InChI is InChI=1S/C21H23NSi/c1-16-10-8-9-13-18(16)20-14-19(17-11-6-5-7-12-17)21(15-22-20)23(2,3)4/h5-15H,1-4H3. The van der Waals surface area contributed by atoms with E-state index in [0.29, 0.717) is 0 Å². The van der Waals surface area contributed by atoms with E-state index in [9.17, 15) is 0 Å². The smallest absolute Gasteiger partial charge is 0.0804 e. The van der Waals surface area contributed by atoms with Crippen molar-refractivity contribution in [3.63, 3.8) is 0 Å². The second-order valence-electron chi connectivity index (χ2n) is 7.05. The summed E-state index contributed by atoms with van der Waals surface area (Å²) < 4.78 is 0. The van der Waals surface area contributed by atoms with Crippen molar-refractivity contribution in [3.8, 4) is 22.4 Å². The van der Waals surface area contributed by atoms with Gasteiger partial charge in [-0.1, -0.05) is 74.2 Å². The number of aryl methyl sites for hydroxylation is 1. The minimum atomic E-state index is -1.46. The first kappa shape index (κ1) is 15.7. The molecule has 116 valence electrons. The second kappa shape index (κ2) is 6.13. The predicted molar refractivity (Wildman–Crippen MR) is 103 cm³/mol. The van der Waals surface area contributed by atoms with Crippen molar-refractivity contribution in [2.75, 3.05) is 0 Å². The topological polar surface area (TPSA) is 12.9 Å². The zero-order valence-electron chi connectivity index (χ0n) is 14.3. The molecular weight excluding hydrogens is 294 g/mol. The number of rotatable bonds is 3. The highest BCUT2D eigenvalue weighted by Gasteiger charge is 2.22. The molecule has 23 heavy (non-hydrogen) atoms. The van der Waals surface area contributed by atoms with Crippen molar-refractivity contribution in [2.45, 2.75) is 26.6 Å². The van der Waals surface area contributed by atoms with E-state index < -0.39 is 8.07 Å². The molecule has 0 saturated heterocycles. The van der Waals surface area contributed by atoms with Crippen LogP contribution in [0, 0.1) is 6.92 Å². The molecule has 0 fully saturated rings. The minimum Gasteiger partial charge on any atom is -0.256 e. The number of pyridine rings is 1. The maximum Gasteiger partial charge on any atom is 0.0804 e. The zero-order chi connectivity index (χ0) is 16.4. The molecular formula is C21H23NSi. The van der Waals surface area contributed by atoms with Crippen LogP contribution in [0.5, 0.6) is 0 Å². The number of hydrogen-bond donors (Lipinski definition) is 0. The first-order valence-corrected chi connectivity index (χ1v) is 11.6. The lowest BCUT2D eigenvalue weighted by Gasteiger charge is -2.22. The van der Waals surface area contributed by atoms with Crippen LogP contribution in [0.2, 0.25) is 19.6 Å². The van der Waals surface area contributed by atoms with Crippen molar-refractivity contribution >= 4 is 13.3 Å². The van der Waals surface area contributed by atoms with Gasteiger partial charge >= 0.3 is 0 Å². The average molecular weight is 318 g/mol. The van der Waals surface area contributed by atoms with Crippen molar-refractivity contribution in [3.05, 3.63) is 72.4 Å². The lowest BCUT2D eigenvalue weighted by atomic mass is 10.0. The van der Waals surface area contributed by atoms with E-state index in [1.54, 1.807) is 0 Å². The summed E-state index contributed by atoms with van der Waals surface area (Å²) in [5.41, 5.74) is 6.15. The molecule has 0 atom stereocenters. The van der Waals surface area contributed by atoms with Crippen LogP contribution < -0.4 is 5.19 Å². The maximum atomic E-state index is 4.80. The molecule has 0 aliphatic carbocycles. The number of aromatic nitrogens is 1. The van der Waals surface area contributed by atoms with Gasteiger partial charge in [-0.05, 0) is 34.9 Å². The Kier molecular flexibility index (Phi) is 4.18. The molecule has 1 aromatic heterocycles. The highest BCUT2D eigenvalue weighted by atomic mass is 28.3. The number of hydrogen-bond acceptors (Lipinski definition) is 1. The summed E-state index contributed by atoms with van der Waals surface area (Å²) in [7, 11) is -1.46. The Morgan fingerprint density at radius 1 is 0.783 bits per heavy atom. The molecule has 0 N–H and O–H groups in total. The second-order valence-corrected chi connectivity index (χ2v) is 12.1. The summed E-state index contributed by atoms with van der Waals surface area (Å²) in [4.78, 5) is 4.80. The summed E-state index contributed by atoms with van der Waals surface area (Å²) >= 11 is 0. The Balaban J connectivity index is 2.22. The molecule has 0 aliphatic rings. The van der Waals surface area contributed by atoms with E-state index in [-0.39, 0.29) is 0 Å². The van der Waals surface area contributed by atoms with E-state index in [1.165, 1.54) is 27.4 Å². The Hall–Kier alpha value is -2.19. The quantitative estimate of drug-likeness (QED) is 0.600. The largest absolute Gasteiger partial charge is 0.256 e. The van der Waals surface area contributed by atoms with Crippen molar-refractivity contribution in [1.29, 1.82) is 0 Å². The van der Waals surface area contributed by atoms with Gasteiger partial charge in [0.25, 0.3) is 0 Å². The fourth-order valence-corrected chi connectivity index (χ4v) is 4.39. The number of benzene rings is 2. The normalized spacial score (nSPS) is 11.5. The van der Waals surface area contributed by atoms with E-state index in [4.69, 9.17) is 4.98 Å². The summed E-state index contributed by atoms with van der Waals surface area (Å²) in [6.07, 6.45) is 2.11. The summed E-state index contributed by atoms with van der Waals surface area (Å²) in [5, 5.41) is 1.42. The maximum absolute atomic E-state index is 4.80. The molecule has 2 aromatic carbocycles. The third-order valence-corrected chi connectivity index (χ3v) is 6.23. The van der Waals surface area contributed by atoms with Crippen LogP contribution in [0.15, 0.2) is 66.9 Å². The predicted octanol–water partition coefficient (Wildman–Crippen LogP) is 5.27. The molecule has 0 amide bonds. The molecule has 1 heterocycles. The molecule has 2 heteroatoms. The Bertz CT molecular complexity index is 817. The van der Waals surface area contributed by atoms with Crippen LogP contribution >= 0.6 is 0 Å². The van der Waals surface area contributed by atoms with Gasteiger partial charge in [-0.15, -0.1) is 0 Å². The van der Waals surface area contributed by atoms with Gasteiger partial charge in [-0.2, -0.15) is 0 Å². The van der Waals surface area contributed by atoms with Gasteiger partial charge < -0.3 is 0 Å². The Labute approximate surface area is 140 Å². The summed E-state index contributed by atoms with van der Waals surface area (Å²) in [5.74, 6) is 0. The molecule has 3 rings (SSSR count). The van der Waals surface area contributed by atoms with Gasteiger partial charge in [0.2, 0.25) is 0 Å². The fraction of sp³-hybridized carbons (Fsp3) is 0.190. The van der Waals surface area contributed by atoms with Gasteiger partial charge in [-0.25, -0.2) is 0 Å². The third-order valence-electron chi connectivity index (χ3n) is 4.22. The van der Waals surface area contributed by atoms with Gasteiger partial charge in [0, 0.05) is 11.8 Å². The van der Waals surface area contributed by atoms with Crippen LogP contribution in [0.25, 0.3) is 22.4 Å². The van der Waals surface area contributed by atoms with E-state index >= 15 is 0 Å². The molecule has 0 bridgehead atoms. The fourth-order valence-electron chi connectivity index (χ4n) is 2.92. The molecule has 0 radical (unpaired) electrons. The Morgan fingerprint density at radius 2 is 1.43 bits per heavy atom. The van der Waals surface area contributed by atoms with Crippen molar-refractivity contribution < 1.29 is 0 Å². The van der Waals surface area contributed by atoms with Gasteiger partial charge in [0.1, 0.15) is 0 Å². The minimum absolute atomic E-state index is 1.06. The van der Waals surface area contributed by atoms with Crippen molar-refractivity contribution in [2.24, 2.45) is 0 Å². The van der Waals surface area contributed by atoms with E-state index in [2.05, 4.69) is 93.4 Å². The molecule has 1 nitrogen and oxygen atoms in total. The zero-order valence-corrected chi connectivity index (χ0v) is 15.3. The summed E-state index contributed by atoms with van der Waals surface area (Å²) in [6.45, 7) is 9.28. The third kappa shape index (κ3) is 3.27. The average Bonchev–Trinajstić information content (AvgIpc) is 2.55. The van der Waals surface area contributed by atoms with Gasteiger partial charge in [0.15, 0.2) is 0 Å². The van der Waals surface area contributed by atoms with Crippen LogP contribution in [0.3, 0.4) is 0 Å². The first-order chi connectivity index (χ1) is 11.0. The van der Waals surface area contributed by atoms with Gasteiger partial charge in [0.05, 0.1) is 13.8 Å². The molecule has 0 spiro atoms. The molecule has 0 unspecified atom stereocenters. The molecule has 0 saturated carbocycles. The van der Waals surface area contributed by atoms with E-state index in [0.717, 1.165) is 5.69 Å². The molecule has 3 aromatic rings.